The van der Waals surface area contributed by atoms with Gasteiger partial charge in [0.05, 0.1) is 0 Å². The van der Waals surface area contributed by atoms with Crippen LogP contribution >= 0.6 is 0 Å². The van der Waals surface area contributed by atoms with Crippen LogP contribution in [0.5, 0.6) is 0 Å². The lowest BCUT2D eigenvalue weighted by Crippen LogP contribution is -2.12. The minimum absolute atomic E-state index is 0.184. The maximum atomic E-state index is 3.75. The lowest BCUT2D eigenvalue weighted by molar-refractivity contribution is 0.262. The number of benzene rings is 2. The van der Waals surface area contributed by atoms with Crippen LogP contribution in [0, 0.1) is 25.7 Å². The van der Waals surface area contributed by atoms with Gasteiger partial charge in [0.25, 0.3) is 0 Å². The molecule has 2 nitrogen and oxygen atoms in total. The van der Waals surface area contributed by atoms with E-state index >= 15 is 0 Å². The molecule has 1 fully saturated rings. The lowest BCUT2D eigenvalue weighted by Gasteiger charge is -2.27. The molecule has 0 bridgehead atoms. The van der Waals surface area contributed by atoms with E-state index in [1.807, 2.05) is 12.3 Å². The quantitative estimate of drug-likeness (QED) is 0.212. The Hall–Kier alpha value is -2.74. The maximum Gasteiger partial charge on any atom is 0.0382 e. The largest absolute Gasteiger partial charge is 0.368 e. The van der Waals surface area contributed by atoms with Crippen molar-refractivity contribution in [2.45, 2.75) is 145 Å². The Morgan fingerprint density at radius 3 is 1.98 bits per heavy atom. The zero-order valence-electron chi connectivity index (χ0n) is 30.4. The minimum Gasteiger partial charge on any atom is -0.368 e. The summed E-state index contributed by atoms with van der Waals surface area (Å²) < 4.78 is 0. The minimum atomic E-state index is 0.184. The Morgan fingerprint density at radius 2 is 1.48 bits per heavy atom. The van der Waals surface area contributed by atoms with E-state index in [9.17, 15) is 0 Å². The molecule has 1 aliphatic carbocycles. The number of allylic oxidation sites excluding steroid dienone is 1. The fourth-order valence-corrected chi connectivity index (χ4v) is 5.19. The van der Waals surface area contributed by atoms with E-state index < -0.39 is 0 Å². The molecule has 0 saturated heterocycles. The molecule has 1 aliphatic rings. The molecule has 2 N–H and O–H groups in total. The number of rotatable bonds is 15. The summed E-state index contributed by atoms with van der Waals surface area (Å²) in [5.41, 5.74) is 7.49. The first-order valence-corrected chi connectivity index (χ1v) is 17.8. The second-order valence-electron chi connectivity index (χ2n) is 12.4. The van der Waals surface area contributed by atoms with Gasteiger partial charge in [0.15, 0.2) is 0 Å². The summed E-state index contributed by atoms with van der Waals surface area (Å²) in [5, 5.41) is 6.29. The third kappa shape index (κ3) is 16.9. The van der Waals surface area contributed by atoms with Crippen LogP contribution in [0.4, 0.5) is 5.69 Å². The summed E-state index contributed by atoms with van der Waals surface area (Å²) in [7, 11) is 0. The van der Waals surface area contributed by atoms with Gasteiger partial charge in [-0.15, -0.1) is 0 Å². The normalized spacial score (nSPS) is 13.7. The molecule has 2 heteroatoms. The molecule has 0 spiro atoms. The molecule has 1 saturated carbocycles. The van der Waals surface area contributed by atoms with Crippen molar-refractivity contribution >= 4 is 5.69 Å². The Bertz CT molecular complexity index is 1020. The maximum absolute atomic E-state index is 3.75. The molecular weight excluding hydrogens is 532 g/mol. The predicted octanol–water partition coefficient (Wildman–Crippen LogP) is 13.6. The standard InChI is InChI=1S/C22H26N2.C12H24.2C4H10/c1-6-23-15-17(4)22(21-13-8-10-16(3)18(21)5)19-11-9-12-20(14-19)24-7-2;1-3-6-11(4-2)9-10-12-7-5-8-12;2*1-3-4-2/h6-15,22-24H,1-2H2,3-5H3;11-12H,3-10H2,1-2H3;2*3-4H2,1-2H3/b17-15+;;;. The number of nitrogens with one attached hydrogen (secondary N) is 2. The number of unbranched alkanes of at least 4 members (excludes halogenated alkanes) is 2. The predicted molar refractivity (Wildman–Crippen MR) is 202 cm³/mol. The van der Waals surface area contributed by atoms with E-state index in [1.54, 1.807) is 12.4 Å². The van der Waals surface area contributed by atoms with E-state index in [1.165, 1.54) is 105 Å². The summed E-state index contributed by atoms with van der Waals surface area (Å²) in [4.78, 5) is 0. The summed E-state index contributed by atoms with van der Waals surface area (Å²) in [6, 6.07) is 15.0. The topological polar surface area (TPSA) is 24.1 Å². The van der Waals surface area contributed by atoms with Gasteiger partial charge in [-0.05, 0) is 85.0 Å². The van der Waals surface area contributed by atoms with Crippen LogP contribution in [0.15, 0.2) is 79.8 Å². The second-order valence-corrected chi connectivity index (χ2v) is 12.4. The number of hydrogen-bond acceptors (Lipinski definition) is 2. The highest BCUT2D eigenvalue weighted by Crippen LogP contribution is 2.35. The molecule has 2 unspecified atom stereocenters. The summed E-state index contributed by atoms with van der Waals surface area (Å²) in [5.74, 6) is 2.34. The summed E-state index contributed by atoms with van der Waals surface area (Å²) in [6.45, 7) is 27.4. The highest BCUT2D eigenvalue weighted by atomic mass is 14.8. The highest BCUT2D eigenvalue weighted by Gasteiger charge is 2.20. The summed E-state index contributed by atoms with van der Waals surface area (Å²) in [6.07, 6.45) is 22.5. The van der Waals surface area contributed by atoms with Crippen molar-refractivity contribution in [3.05, 3.63) is 102 Å². The third-order valence-corrected chi connectivity index (χ3v) is 8.81. The Morgan fingerprint density at radius 1 is 0.841 bits per heavy atom. The Labute approximate surface area is 274 Å². The fourth-order valence-electron chi connectivity index (χ4n) is 5.19. The van der Waals surface area contributed by atoms with Crippen LogP contribution in [0.2, 0.25) is 0 Å². The van der Waals surface area contributed by atoms with Gasteiger partial charge in [-0.2, -0.15) is 0 Å². The molecule has 0 heterocycles. The lowest BCUT2D eigenvalue weighted by atomic mass is 9.79. The van der Waals surface area contributed by atoms with Gasteiger partial charge in [0.2, 0.25) is 0 Å². The van der Waals surface area contributed by atoms with Gasteiger partial charge in [0, 0.05) is 17.8 Å². The van der Waals surface area contributed by atoms with Crippen molar-refractivity contribution in [3.8, 4) is 0 Å². The van der Waals surface area contributed by atoms with Crippen LogP contribution in [0.3, 0.4) is 0 Å². The zero-order chi connectivity index (χ0) is 33.2. The van der Waals surface area contributed by atoms with Crippen molar-refractivity contribution in [2.24, 2.45) is 11.8 Å². The van der Waals surface area contributed by atoms with Crippen molar-refractivity contribution < 1.29 is 0 Å². The fraction of sp³-hybridized carbons (Fsp3) is 0.571. The SMILES string of the molecule is C=CN/C=C(\C)C(c1cccc(NC=C)c1)c1cccc(C)c1C.CCCC.CCCC.CCCC(CC)CCC1CCC1. The van der Waals surface area contributed by atoms with E-state index in [4.69, 9.17) is 0 Å². The molecule has 44 heavy (non-hydrogen) atoms. The van der Waals surface area contributed by atoms with Gasteiger partial charge in [-0.25, -0.2) is 0 Å². The molecule has 3 rings (SSSR count). The monoisotopic (exact) mass is 603 g/mol. The van der Waals surface area contributed by atoms with E-state index in [0.29, 0.717) is 0 Å². The molecule has 0 aromatic heterocycles. The first-order chi connectivity index (χ1) is 21.3. The molecular formula is C42H70N2. The highest BCUT2D eigenvalue weighted by molar-refractivity contribution is 5.53. The zero-order valence-corrected chi connectivity index (χ0v) is 30.4. The molecule has 2 aromatic carbocycles. The van der Waals surface area contributed by atoms with E-state index in [2.05, 4.69) is 123 Å². The van der Waals surface area contributed by atoms with Gasteiger partial charge in [-0.1, -0.05) is 162 Å². The van der Waals surface area contributed by atoms with Crippen molar-refractivity contribution in [1.29, 1.82) is 0 Å². The molecule has 0 amide bonds. The van der Waals surface area contributed by atoms with E-state index in [0.717, 1.165) is 17.5 Å². The Kier molecular flexibility index (Phi) is 25.0. The van der Waals surface area contributed by atoms with Gasteiger partial charge in [0.1, 0.15) is 0 Å². The van der Waals surface area contributed by atoms with E-state index in [-0.39, 0.29) is 5.92 Å². The van der Waals surface area contributed by atoms with Crippen LogP contribution in [0.1, 0.15) is 154 Å². The average Bonchev–Trinajstić information content (AvgIpc) is 3.02. The Balaban J connectivity index is 0.000000763. The van der Waals surface area contributed by atoms with Crippen molar-refractivity contribution in [2.75, 3.05) is 5.32 Å². The van der Waals surface area contributed by atoms with Gasteiger partial charge < -0.3 is 10.6 Å². The number of aryl methyl sites for hydroxylation is 1. The van der Waals surface area contributed by atoms with Crippen molar-refractivity contribution in [1.82, 2.24) is 5.32 Å². The van der Waals surface area contributed by atoms with Gasteiger partial charge in [-0.3, -0.25) is 0 Å². The first-order valence-electron chi connectivity index (χ1n) is 17.8. The van der Waals surface area contributed by atoms with Gasteiger partial charge >= 0.3 is 0 Å². The number of anilines is 1. The molecule has 248 valence electrons. The van der Waals surface area contributed by atoms with Crippen LogP contribution < -0.4 is 10.6 Å². The van der Waals surface area contributed by atoms with Crippen LogP contribution in [-0.4, -0.2) is 0 Å². The van der Waals surface area contributed by atoms with Crippen LogP contribution in [0.25, 0.3) is 0 Å². The molecule has 0 aliphatic heterocycles. The smallest absolute Gasteiger partial charge is 0.0382 e. The molecule has 0 radical (unpaired) electrons. The average molecular weight is 603 g/mol. The molecule has 2 atom stereocenters. The second kappa shape index (κ2) is 26.6. The van der Waals surface area contributed by atoms with Crippen molar-refractivity contribution in [3.63, 3.8) is 0 Å². The molecule has 2 aromatic rings. The summed E-state index contributed by atoms with van der Waals surface area (Å²) >= 11 is 0. The third-order valence-electron chi connectivity index (χ3n) is 8.81. The number of hydrogen-bond donors (Lipinski definition) is 2. The van der Waals surface area contributed by atoms with Crippen LogP contribution in [-0.2, 0) is 0 Å². The first kappa shape index (κ1) is 41.3.